The zero-order chi connectivity index (χ0) is 21.9. The molecule has 0 spiro atoms. The van der Waals surface area contributed by atoms with E-state index in [0.29, 0.717) is 11.1 Å². The summed E-state index contributed by atoms with van der Waals surface area (Å²) in [4.78, 5) is 38.0. The van der Waals surface area contributed by atoms with E-state index in [4.69, 9.17) is 0 Å². The van der Waals surface area contributed by atoms with E-state index in [1.807, 2.05) is 0 Å². The van der Waals surface area contributed by atoms with Crippen LogP contribution in [0.2, 0.25) is 0 Å². The van der Waals surface area contributed by atoms with E-state index in [2.05, 4.69) is 15.4 Å². The lowest BCUT2D eigenvalue weighted by Gasteiger charge is -2.22. The van der Waals surface area contributed by atoms with Crippen molar-refractivity contribution in [1.29, 1.82) is 0 Å². The first kappa shape index (κ1) is 21.2. The van der Waals surface area contributed by atoms with E-state index in [-0.39, 0.29) is 12.3 Å². The molecule has 4 amide bonds. The Bertz CT molecular complexity index is 951. The highest BCUT2D eigenvalue weighted by molar-refractivity contribution is 6.09. The summed E-state index contributed by atoms with van der Waals surface area (Å²) in [7, 11) is 0. The van der Waals surface area contributed by atoms with Gasteiger partial charge in [-0.25, -0.2) is 9.18 Å². The molecule has 10 heteroatoms. The average Bonchev–Trinajstić information content (AvgIpc) is 2.91. The fourth-order valence-electron chi connectivity index (χ4n) is 3.01. The molecule has 1 atom stereocenters. The summed E-state index contributed by atoms with van der Waals surface area (Å²) >= 11 is 0. The molecule has 0 aromatic heterocycles. The molecule has 2 N–H and O–H groups in total. The third kappa shape index (κ3) is 4.53. The third-order valence-electron chi connectivity index (χ3n) is 4.64. The molecule has 7 nitrogen and oxygen atoms in total. The number of halogens is 3. The van der Waals surface area contributed by atoms with Crippen LogP contribution < -0.4 is 15.4 Å². The Kier molecular flexibility index (Phi) is 5.95. The number of alkyl halides is 2. The lowest BCUT2D eigenvalue weighted by Crippen LogP contribution is -2.43. The van der Waals surface area contributed by atoms with Gasteiger partial charge in [0.2, 0.25) is 5.91 Å². The van der Waals surface area contributed by atoms with Gasteiger partial charge < -0.3 is 15.4 Å². The number of hydrogen-bond donors (Lipinski definition) is 2. The molecule has 1 aliphatic rings. The van der Waals surface area contributed by atoms with E-state index in [1.54, 1.807) is 0 Å². The Balaban J connectivity index is 1.64. The van der Waals surface area contributed by atoms with Gasteiger partial charge in [0.05, 0.1) is 0 Å². The van der Waals surface area contributed by atoms with Crippen molar-refractivity contribution in [2.24, 2.45) is 0 Å². The van der Waals surface area contributed by atoms with Crippen molar-refractivity contribution in [2.75, 3.05) is 6.54 Å². The summed E-state index contributed by atoms with van der Waals surface area (Å²) < 4.78 is 41.7. The van der Waals surface area contributed by atoms with Crippen molar-refractivity contribution in [3.05, 3.63) is 65.5 Å². The lowest BCUT2D eigenvalue weighted by atomic mass is 9.92. The van der Waals surface area contributed by atoms with Gasteiger partial charge in [-0.05, 0) is 42.3 Å². The SMILES string of the molecule is C[C@]1(c2ccc(OC(F)F)cc2)NC(=O)N(CC(=O)NCc2ccc(F)cc2)C1=O. The largest absolute Gasteiger partial charge is 0.435 e. The van der Waals surface area contributed by atoms with Gasteiger partial charge >= 0.3 is 12.6 Å². The minimum atomic E-state index is -2.98. The minimum absolute atomic E-state index is 0.0915. The fraction of sp³-hybridized carbons (Fsp3) is 0.250. The van der Waals surface area contributed by atoms with E-state index in [1.165, 1.54) is 55.5 Å². The Hall–Kier alpha value is -3.56. The standard InChI is InChI=1S/C20H18F3N3O4/c1-20(13-4-8-15(9-5-13)30-18(22)23)17(28)26(19(29)25-20)11-16(27)24-10-12-2-6-14(21)7-3-12/h2-9,18H,10-11H2,1H3,(H,24,27)(H,25,29)/t20-/m1/s1. The molecular weight excluding hydrogens is 403 g/mol. The zero-order valence-corrected chi connectivity index (χ0v) is 15.8. The van der Waals surface area contributed by atoms with Gasteiger partial charge in [0.15, 0.2) is 0 Å². The molecule has 0 unspecified atom stereocenters. The normalized spacial score (nSPS) is 18.5. The molecule has 1 saturated heterocycles. The predicted molar refractivity (Wildman–Crippen MR) is 98.9 cm³/mol. The highest BCUT2D eigenvalue weighted by Gasteiger charge is 2.49. The maximum atomic E-state index is 12.9. The van der Waals surface area contributed by atoms with Gasteiger partial charge in [0.1, 0.15) is 23.7 Å². The number of carbonyl (C=O) groups excluding carboxylic acids is 3. The first-order valence-corrected chi connectivity index (χ1v) is 8.89. The molecule has 3 rings (SSSR count). The van der Waals surface area contributed by atoms with E-state index < -0.39 is 42.4 Å². The maximum absolute atomic E-state index is 12.9. The van der Waals surface area contributed by atoms with Crippen molar-refractivity contribution in [1.82, 2.24) is 15.5 Å². The second kappa shape index (κ2) is 8.44. The number of imide groups is 1. The Morgan fingerprint density at radius 3 is 2.37 bits per heavy atom. The summed E-state index contributed by atoms with van der Waals surface area (Å²) in [6.07, 6.45) is 0. The van der Waals surface area contributed by atoms with Crippen LogP contribution in [0.1, 0.15) is 18.1 Å². The topological polar surface area (TPSA) is 87.7 Å². The number of amides is 4. The molecule has 1 fully saturated rings. The molecule has 1 heterocycles. The van der Waals surface area contributed by atoms with E-state index >= 15 is 0 Å². The molecule has 2 aromatic carbocycles. The van der Waals surface area contributed by atoms with Crippen LogP contribution >= 0.6 is 0 Å². The smallest absolute Gasteiger partial charge is 0.387 e. The fourth-order valence-corrected chi connectivity index (χ4v) is 3.01. The van der Waals surface area contributed by atoms with Gasteiger partial charge in [-0.2, -0.15) is 8.78 Å². The molecule has 0 saturated carbocycles. The summed E-state index contributed by atoms with van der Waals surface area (Å²) in [6, 6.07) is 10.0. The van der Waals surface area contributed by atoms with Crippen LogP contribution in [-0.2, 0) is 21.7 Å². The number of ether oxygens (including phenoxy) is 1. The van der Waals surface area contributed by atoms with Crippen LogP contribution in [0.3, 0.4) is 0 Å². The molecule has 1 aliphatic heterocycles. The second-order valence-electron chi connectivity index (χ2n) is 6.75. The first-order chi connectivity index (χ1) is 14.2. The lowest BCUT2D eigenvalue weighted by molar-refractivity contribution is -0.134. The van der Waals surface area contributed by atoms with Crippen molar-refractivity contribution in [2.45, 2.75) is 25.6 Å². The Morgan fingerprint density at radius 2 is 1.77 bits per heavy atom. The van der Waals surface area contributed by atoms with Crippen LogP contribution in [0.5, 0.6) is 5.75 Å². The van der Waals surface area contributed by atoms with Crippen molar-refractivity contribution < 1.29 is 32.3 Å². The summed E-state index contributed by atoms with van der Waals surface area (Å²) in [6.45, 7) is -1.94. The van der Waals surface area contributed by atoms with Gasteiger partial charge in [0.25, 0.3) is 5.91 Å². The van der Waals surface area contributed by atoms with E-state index in [0.717, 1.165) is 4.90 Å². The van der Waals surface area contributed by atoms with Crippen LogP contribution in [0.15, 0.2) is 48.5 Å². The second-order valence-corrected chi connectivity index (χ2v) is 6.75. The van der Waals surface area contributed by atoms with Gasteiger partial charge in [-0.1, -0.05) is 24.3 Å². The quantitative estimate of drug-likeness (QED) is 0.673. The molecule has 0 bridgehead atoms. The first-order valence-electron chi connectivity index (χ1n) is 8.89. The number of nitrogens with zero attached hydrogens (tertiary/aromatic N) is 1. The number of carbonyl (C=O) groups is 3. The van der Waals surface area contributed by atoms with Crippen molar-refractivity contribution in [3.63, 3.8) is 0 Å². The minimum Gasteiger partial charge on any atom is -0.435 e. The Labute approximate surface area is 169 Å². The van der Waals surface area contributed by atoms with Gasteiger partial charge in [-0.15, -0.1) is 0 Å². The predicted octanol–water partition coefficient (Wildman–Crippen LogP) is 2.51. The molecule has 30 heavy (non-hydrogen) atoms. The average molecular weight is 421 g/mol. The van der Waals surface area contributed by atoms with Gasteiger partial charge in [-0.3, -0.25) is 14.5 Å². The number of rotatable bonds is 7. The monoisotopic (exact) mass is 421 g/mol. The summed E-state index contributed by atoms with van der Waals surface area (Å²) in [5.41, 5.74) is -0.466. The molecule has 0 aliphatic carbocycles. The molecule has 2 aromatic rings. The number of urea groups is 1. The van der Waals surface area contributed by atoms with Crippen LogP contribution in [0.25, 0.3) is 0 Å². The number of benzene rings is 2. The number of hydrogen-bond acceptors (Lipinski definition) is 4. The Morgan fingerprint density at radius 1 is 1.13 bits per heavy atom. The third-order valence-corrected chi connectivity index (χ3v) is 4.64. The highest BCUT2D eigenvalue weighted by Crippen LogP contribution is 2.30. The van der Waals surface area contributed by atoms with Crippen LogP contribution in [0, 0.1) is 5.82 Å². The number of nitrogens with one attached hydrogen (secondary N) is 2. The summed E-state index contributed by atoms with van der Waals surface area (Å²) in [5.74, 6) is -1.73. The molecule has 158 valence electrons. The maximum Gasteiger partial charge on any atom is 0.387 e. The summed E-state index contributed by atoms with van der Waals surface area (Å²) in [5, 5.41) is 5.08. The zero-order valence-electron chi connectivity index (χ0n) is 15.8. The molecular formula is C20H18F3N3O4. The molecule has 0 radical (unpaired) electrons. The van der Waals surface area contributed by atoms with Crippen molar-refractivity contribution in [3.8, 4) is 5.75 Å². The van der Waals surface area contributed by atoms with Crippen LogP contribution in [-0.4, -0.2) is 35.9 Å². The van der Waals surface area contributed by atoms with Crippen LogP contribution in [0.4, 0.5) is 18.0 Å². The van der Waals surface area contributed by atoms with E-state index in [9.17, 15) is 27.6 Å². The van der Waals surface area contributed by atoms with Gasteiger partial charge in [0, 0.05) is 6.54 Å². The van der Waals surface area contributed by atoms with Crippen molar-refractivity contribution >= 4 is 17.8 Å². The highest BCUT2D eigenvalue weighted by atomic mass is 19.3.